The summed E-state index contributed by atoms with van der Waals surface area (Å²) in [6, 6.07) is 6.09. The molecule has 0 saturated carbocycles. The molecule has 0 amide bonds. The Balaban J connectivity index is 2.05. The van der Waals surface area contributed by atoms with E-state index in [9.17, 15) is 0 Å². The third kappa shape index (κ3) is 1.47. The van der Waals surface area contributed by atoms with Crippen LogP contribution in [-0.2, 0) is 0 Å². The zero-order chi connectivity index (χ0) is 11.0. The number of benzene rings is 1. The number of rotatable bonds is 1. The summed E-state index contributed by atoms with van der Waals surface area (Å²) in [5.41, 5.74) is 1.28. The van der Waals surface area contributed by atoms with Crippen molar-refractivity contribution in [3.8, 4) is 11.5 Å². The van der Waals surface area contributed by atoms with E-state index in [1.165, 1.54) is 12.0 Å². The Kier molecular flexibility index (Phi) is 2.48. The maximum absolute atomic E-state index is 5.82. The molecule has 0 aromatic heterocycles. The lowest BCUT2D eigenvalue weighted by Crippen LogP contribution is -2.40. The molecule has 1 N–H and O–H groups in total. The van der Waals surface area contributed by atoms with E-state index in [0.717, 1.165) is 31.2 Å². The molecule has 1 aromatic rings. The van der Waals surface area contributed by atoms with Gasteiger partial charge in [0.15, 0.2) is 0 Å². The lowest BCUT2D eigenvalue weighted by molar-refractivity contribution is 0.164. The van der Waals surface area contributed by atoms with Crippen LogP contribution >= 0.6 is 0 Å². The quantitative estimate of drug-likeness (QED) is 0.781. The average Bonchev–Trinajstić information content (AvgIpc) is 2.37. The molecule has 1 aromatic carbocycles. The van der Waals surface area contributed by atoms with Crippen LogP contribution in [0.5, 0.6) is 11.5 Å². The Labute approximate surface area is 95.8 Å². The molecule has 3 heteroatoms. The summed E-state index contributed by atoms with van der Waals surface area (Å²) in [5, 5.41) is 3.43. The summed E-state index contributed by atoms with van der Waals surface area (Å²) in [4.78, 5) is 0. The molecule has 0 aliphatic carbocycles. The normalized spacial score (nSPS) is 27.6. The fraction of sp³-hybridized carbons (Fsp3) is 0.538. The van der Waals surface area contributed by atoms with E-state index in [2.05, 4.69) is 11.4 Å². The van der Waals surface area contributed by atoms with Crippen LogP contribution in [0.15, 0.2) is 18.2 Å². The Morgan fingerprint density at radius 3 is 3.25 bits per heavy atom. The topological polar surface area (TPSA) is 30.5 Å². The smallest absolute Gasteiger partial charge is 0.126 e. The second-order valence-electron chi connectivity index (χ2n) is 4.54. The van der Waals surface area contributed by atoms with Crippen LogP contribution in [-0.4, -0.2) is 26.8 Å². The van der Waals surface area contributed by atoms with E-state index in [4.69, 9.17) is 9.47 Å². The van der Waals surface area contributed by atoms with Crippen LogP contribution in [0, 0.1) is 5.92 Å². The first-order chi connectivity index (χ1) is 7.90. The van der Waals surface area contributed by atoms with Crippen LogP contribution in [0.2, 0.25) is 0 Å². The van der Waals surface area contributed by atoms with Crippen molar-refractivity contribution in [2.75, 3.05) is 26.8 Å². The number of ether oxygens (including phenoxy) is 2. The summed E-state index contributed by atoms with van der Waals surface area (Å²) in [5.74, 6) is 3.19. The fourth-order valence-electron chi connectivity index (χ4n) is 2.87. The Hall–Kier alpha value is -1.22. The van der Waals surface area contributed by atoms with Crippen LogP contribution in [0.1, 0.15) is 17.9 Å². The van der Waals surface area contributed by atoms with Crippen LogP contribution in [0.3, 0.4) is 0 Å². The largest absolute Gasteiger partial charge is 0.496 e. The molecule has 2 aliphatic heterocycles. The molecule has 2 heterocycles. The highest BCUT2D eigenvalue weighted by atomic mass is 16.5. The van der Waals surface area contributed by atoms with Crippen molar-refractivity contribution >= 4 is 0 Å². The third-order valence-electron chi connectivity index (χ3n) is 3.68. The van der Waals surface area contributed by atoms with Gasteiger partial charge >= 0.3 is 0 Å². The summed E-state index contributed by atoms with van der Waals surface area (Å²) in [6.07, 6.45) is 1.18. The molecule has 0 radical (unpaired) electrons. The third-order valence-corrected chi connectivity index (χ3v) is 3.68. The van der Waals surface area contributed by atoms with Gasteiger partial charge in [-0.3, -0.25) is 0 Å². The summed E-state index contributed by atoms with van der Waals surface area (Å²) in [7, 11) is 1.74. The molecule has 0 spiro atoms. The molecule has 3 nitrogen and oxygen atoms in total. The van der Waals surface area contributed by atoms with Crippen molar-refractivity contribution in [2.24, 2.45) is 5.92 Å². The molecular formula is C13H17NO2. The zero-order valence-electron chi connectivity index (χ0n) is 9.53. The first kappa shape index (κ1) is 9.97. The van der Waals surface area contributed by atoms with E-state index in [-0.39, 0.29) is 0 Å². The molecular weight excluding hydrogens is 202 g/mol. The van der Waals surface area contributed by atoms with Gasteiger partial charge < -0.3 is 14.8 Å². The number of fused-ring (bicyclic) bond motifs is 3. The fourth-order valence-corrected chi connectivity index (χ4v) is 2.87. The maximum atomic E-state index is 5.82. The van der Waals surface area contributed by atoms with Crippen LogP contribution in [0.4, 0.5) is 0 Å². The van der Waals surface area contributed by atoms with Crippen molar-refractivity contribution in [1.82, 2.24) is 5.32 Å². The maximum Gasteiger partial charge on any atom is 0.126 e. The minimum Gasteiger partial charge on any atom is -0.496 e. The lowest BCUT2D eigenvalue weighted by atomic mass is 9.79. The van der Waals surface area contributed by atoms with E-state index in [0.29, 0.717) is 11.8 Å². The first-order valence-electron chi connectivity index (χ1n) is 5.90. The SMILES string of the molecule is COc1cccc2c1C1CCNCC1CO2. The van der Waals surface area contributed by atoms with Crippen molar-refractivity contribution in [1.29, 1.82) is 0 Å². The first-order valence-corrected chi connectivity index (χ1v) is 5.90. The Bertz CT molecular complexity index is 377. The summed E-state index contributed by atoms with van der Waals surface area (Å²) in [6.45, 7) is 2.98. The molecule has 16 heavy (non-hydrogen) atoms. The van der Waals surface area contributed by atoms with Gasteiger partial charge in [0, 0.05) is 18.0 Å². The zero-order valence-corrected chi connectivity index (χ0v) is 9.53. The average molecular weight is 219 g/mol. The molecule has 2 unspecified atom stereocenters. The molecule has 1 fully saturated rings. The lowest BCUT2D eigenvalue weighted by Gasteiger charge is -2.37. The highest BCUT2D eigenvalue weighted by Crippen LogP contribution is 2.44. The van der Waals surface area contributed by atoms with Crippen LogP contribution < -0.4 is 14.8 Å². The van der Waals surface area contributed by atoms with Crippen molar-refractivity contribution in [2.45, 2.75) is 12.3 Å². The van der Waals surface area contributed by atoms with Crippen molar-refractivity contribution in [3.05, 3.63) is 23.8 Å². The van der Waals surface area contributed by atoms with Gasteiger partial charge in [-0.2, -0.15) is 0 Å². The van der Waals surface area contributed by atoms with Crippen molar-refractivity contribution in [3.63, 3.8) is 0 Å². The van der Waals surface area contributed by atoms with Gasteiger partial charge in [-0.1, -0.05) is 6.07 Å². The monoisotopic (exact) mass is 219 g/mol. The predicted molar refractivity (Wildman–Crippen MR) is 62.2 cm³/mol. The number of hydrogen-bond donors (Lipinski definition) is 1. The van der Waals surface area contributed by atoms with Crippen molar-refractivity contribution < 1.29 is 9.47 Å². The molecule has 1 saturated heterocycles. The second kappa shape index (κ2) is 3.98. The van der Waals surface area contributed by atoms with Gasteiger partial charge in [0.1, 0.15) is 11.5 Å². The standard InChI is InChI=1S/C13H17NO2/c1-15-11-3-2-4-12-13(11)10-5-6-14-7-9(10)8-16-12/h2-4,9-10,14H,5-8H2,1H3. The molecule has 2 atom stereocenters. The number of nitrogens with one attached hydrogen (secondary N) is 1. The number of piperidine rings is 1. The van der Waals surface area contributed by atoms with Gasteiger partial charge in [-0.05, 0) is 31.0 Å². The number of hydrogen-bond acceptors (Lipinski definition) is 3. The highest BCUT2D eigenvalue weighted by molar-refractivity contribution is 5.49. The van der Waals surface area contributed by atoms with Crippen LogP contribution in [0.25, 0.3) is 0 Å². The van der Waals surface area contributed by atoms with Gasteiger partial charge in [0.2, 0.25) is 0 Å². The minimum absolute atomic E-state index is 0.595. The summed E-state index contributed by atoms with van der Waals surface area (Å²) >= 11 is 0. The Morgan fingerprint density at radius 2 is 2.38 bits per heavy atom. The van der Waals surface area contributed by atoms with E-state index in [1.807, 2.05) is 12.1 Å². The van der Waals surface area contributed by atoms with Gasteiger partial charge in [-0.25, -0.2) is 0 Å². The predicted octanol–water partition coefficient (Wildman–Crippen LogP) is 1.78. The van der Waals surface area contributed by atoms with E-state index in [1.54, 1.807) is 7.11 Å². The van der Waals surface area contributed by atoms with E-state index >= 15 is 0 Å². The molecule has 2 aliphatic rings. The van der Waals surface area contributed by atoms with E-state index < -0.39 is 0 Å². The van der Waals surface area contributed by atoms with Gasteiger partial charge in [0.05, 0.1) is 13.7 Å². The second-order valence-corrected chi connectivity index (χ2v) is 4.54. The molecule has 0 bridgehead atoms. The minimum atomic E-state index is 0.595. The molecule has 86 valence electrons. The number of methoxy groups -OCH3 is 1. The van der Waals surface area contributed by atoms with Gasteiger partial charge in [-0.15, -0.1) is 0 Å². The van der Waals surface area contributed by atoms with Gasteiger partial charge in [0.25, 0.3) is 0 Å². The molecule has 3 rings (SSSR count). The highest BCUT2D eigenvalue weighted by Gasteiger charge is 2.34. The Morgan fingerprint density at radius 1 is 1.44 bits per heavy atom. The summed E-state index contributed by atoms with van der Waals surface area (Å²) < 4.78 is 11.3.